The molecule has 7 rings (SSSR count). The van der Waals surface area contributed by atoms with Crippen molar-refractivity contribution in [2.45, 2.75) is 32.1 Å². The molecule has 2 aromatic heterocycles. The molecule has 4 heteroatoms. The lowest BCUT2D eigenvalue weighted by atomic mass is 9.92. The van der Waals surface area contributed by atoms with E-state index in [0.717, 1.165) is 25.9 Å². The molecule has 2 bridgehead atoms. The van der Waals surface area contributed by atoms with Crippen molar-refractivity contribution in [1.82, 2.24) is 9.97 Å². The van der Waals surface area contributed by atoms with E-state index in [2.05, 4.69) is 98.6 Å². The normalized spacial score (nSPS) is 14.3. The maximum absolute atomic E-state index is 4.30. The fourth-order valence-electron chi connectivity index (χ4n) is 5.92. The van der Waals surface area contributed by atoms with Crippen molar-refractivity contribution in [2.75, 3.05) is 9.80 Å². The summed E-state index contributed by atoms with van der Waals surface area (Å²) in [7, 11) is 0. The zero-order chi connectivity index (χ0) is 24.6. The summed E-state index contributed by atoms with van der Waals surface area (Å²) in [6, 6.07) is 33.3. The third-order valence-electron chi connectivity index (χ3n) is 7.54. The summed E-state index contributed by atoms with van der Waals surface area (Å²) in [5.74, 6) is 0. The highest BCUT2D eigenvalue weighted by Gasteiger charge is 2.38. The van der Waals surface area contributed by atoms with Gasteiger partial charge in [0.05, 0.1) is 0 Å². The lowest BCUT2D eigenvalue weighted by molar-refractivity contribution is 0.518. The summed E-state index contributed by atoms with van der Waals surface area (Å²) < 4.78 is 0. The Hall–Kier alpha value is -4.44. The zero-order valence-corrected chi connectivity index (χ0v) is 20.7. The average Bonchev–Trinajstić information content (AvgIpc) is 2.94. The topological polar surface area (TPSA) is 32.3 Å². The van der Waals surface area contributed by atoms with E-state index < -0.39 is 0 Å². The fourth-order valence-corrected chi connectivity index (χ4v) is 5.92. The van der Waals surface area contributed by atoms with Crippen LogP contribution in [0, 0.1) is 0 Å². The quantitative estimate of drug-likeness (QED) is 0.280. The Kier molecular flexibility index (Phi) is 5.43. The van der Waals surface area contributed by atoms with E-state index in [9.17, 15) is 0 Å². The monoisotopic (exact) mass is 480 g/mol. The molecule has 0 unspecified atom stereocenters. The number of hydrogen-bond donors (Lipinski definition) is 0. The van der Waals surface area contributed by atoms with Gasteiger partial charge in [0.1, 0.15) is 6.17 Å². The number of aromatic nitrogens is 2. The standard InChI is InChI=1S/C33H28N4/c1-2-8-28(9-3-1)33-36-22-29-18-24(16-26-6-4-14-34-20-26)10-12-31(29)37(33)23-30-19-25(11-13-32(30)36)17-27-7-5-15-35-21-27/h1-15,18-21,33H,16-17,22-23H2. The van der Waals surface area contributed by atoms with Gasteiger partial charge < -0.3 is 9.80 Å². The minimum Gasteiger partial charge on any atom is -0.343 e. The van der Waals surface area contributed by atoms with Crippen LogP contribution in [0.4, 0.5) is 11.4 Å². The van der Waals surface area contributed by atoms with E-state index in [1.165, 1.54) is 50.3 Å². The van der Waals surface area contributed by atoms with Crippen LogP contribution in [-0.2, 0) is 25.9 Å². The molecule has 0 radical (unpaired) electrons. The molecule has 0 saturated heterocycles. The highest BCUT2D eigenvalue weighted by Crippen LogP contribution is 2.47. The molecule has 37 heavy (non-hydrogen) atoms. The Bertz CT molecular complexity index is 1430. The van der Waals surface area contributed by atoms with Crippen LogP contribution in [0.1, 0.15) is 45.1 Å². The lowest BCUT2D eigenvalue weighted by Gasteiger charge is -2.51. The maximum Gasteiger partial charge on any atom is 0.129 e. The average molecular weight is 481 g/mol. The minimum absolute atomic E-state index is 0.189. The summed E-state index contributed by atoms with van der Waals surface area (Å²) in [5.41, 5.74) is 11.9. The third kappa shape index (κ3) is 4.15. The van der Waals surface area contributed by atoms with Gasteiger partial charge >= 0.3 is 0 Å². The van der Waals surface area contributed by atoms with Crippen molar-refractivity contribution < 1.29 is 0 Å². The van der Waals surface area contributed by atoms with Gasteiger partial charge in [-0.15, -0.1) is 0 Å². The Labute approximate surface area is 217 Å². The predicted octanol–water partition coefficient (Wildman–Crippen LogP) is 6.70. The van der Waals surface area contributed by atoms with E-state index in [1.807, 2.05) is 36.9 Å². The van der Waals surface area contributed by atoms with Crippen LogP contribution in [-0.4, -0.2) is 9.97 Å². The molecule has 5 aromatic rings. The molecular weight excluding hydrogens is 452 g/mol. The number of fused-ring (bicyclic) bond motifs is 6. The van der Waals surface area contributed by atoms with E-state index >= 15 is 0 Å². The van der Waals surface area contributed by atoms with Gasteiger partial charge in [-0.3, -0.25) is 9.97 Å². The molecule has 0 spiro atoms. The number of rotatable bonds is 5. The molecule has 0 amide bonds. The van der Waals surface area contributed by atoms with Crippen LogP contribution in [0.25, 0.3) is 0 Å². The molecule has 0 aliphatic carbocycles. The van der Waals surface area contributed by atoms with Gasteiger partial charge in [0.2, 0.25) is 0 Å². The first-order valence-electron chi connectivity index (χ1n) is 12.9. The molecule has 2 aliphatic rings. The van der Waals surface area contributed by atoms with Crippen molar-refractivity contribution >= 4 is 11.4 Å². The van der Waals surface area contributed by atoms with Crippen molar-refractivity contribution in [3.05, 3.63) is 155 Å². The van der Waals surface area contributed by atoms with E-state index in [-0.39, 0.29) is 6.17 Å². The number of anilines is 2. The van der Waals surface area contributed by atoms with E-state index in [0.29, 0.717) is 0 Å². The van der Waals surface area contributed by atoms with Crippen LogP contribution < -0.4 is 9.80 Å². The summed E-state index contributed by atoms with van der Waals surface area (Å²) in [6.45, 7) is 1.78. The predicted molar refractivity (Wildman–Crippen MR) is 149 cm³/mol. The first-order valence-corrected chi connectivity index (χ1v) is 12.9. The second-order valence-electron chi connectivity index (χ2n) is 10.0. The maximum atomic E-state index is 4.30. The molecule has 0 atom stereocenters. The van der Waals surface area contributed by atoms with Gasteiger partial charge in [-0.05, 0) is 76.1 Å². The van der Waals surface area contributed by atoms with Gasteiger partial charge in [-0.2, -0.15) is 0 Å². The smallest absolute Gasteiger partial charge is 0.129 e. The Morgan fingerprint density at radius 1 is 0.568 bits per heavy atom. The SMILES string of the molecule is c1ccc(C2N3Cc4cc(Cc5cccnc5)ccc4N2Cc2cc(Cc4cccnc4)ccc23)cc1. The van der Waals surface area contributed by atoms with Crippen LogP contribution in [0.2, 0.25) is 0 Å². The van der Waals surface area contributed by atoms with Gasteiger partial charge in [-0.1, -0.05) is 66.7 Å². The summed E-state index contributed by atoms with van der Waals surface area (Å²) in [5, 5.41) is 0. The Morgan fingerprint density at radius 2 is 1.11 bits per heavy atom. The molecule has 180 valence electrons. The van der Waals surface area contributed by atoms with Crippen molar-refractivity contribution in [3.63, 3.8) is 0 Å². The number of hydrogen-bond acceptors (Lipinski definition) is 4. The minimum atomic E-state index is 0.189. The Balaban J connectivity index is 1.27. The second kappa shape index (κ2) is 9.21. The van der Waals surface area contributed by atoms with Gasteiger partial charge in [0, 0.05) is 49.3 Å². The van der Waals surface area contributed by atoms with E-state index in [1.54, 1.807) is 0 Å². The largest absolute Gasteiger partial charge is 0.343 e. The molecule has 3 aromatic carbocycles. The van der Waals surface area contributed by atoms with E-state index in [4.69, 9.17) is 0 Å². The second-order valence-corrected chi connectivity index (χ2v) is 10.0. The first kappa shape index (κ1) is 21.8. The molecule has 0 fully saturated rings. The van der Waals surface area contributed by atoms with Crippen molar-refractivity contribution in [2.24, 2.45) is 0 Å². The highest BCUT2D eigenvalue weighted by molar-refractivity contribution is 5.71. The van der Waals surface area contributed by atoms with Crippen LogP contribution in [0.3, 0.4) is 0 Å². The van der Waals surface area contributed by atoms with Crippen LogP contribution in [0.15, 0.2) is 116 Å². The van der Waals surface area contributed by atoms with Crippen molar-refractivity contribution in [3.8, 4) is 0 Å². The molecule has 4 heterocycles. The number of benzene rings is 3. The van der Waals surface area contributed by atoms with Crippen LogP contribution in [0.5, 0.6) is 0 Å². The van der Waals surface area contributed by atoms with Crippen molar-refractivity contribution in [1.29, 1.82) is 0 Å². The van der Waals surface area contributed by atoms with Gasteiger partial charge in [0.15, 0.2) is 0 Å². The number of nitrogens with zero attached hydrogens (tertiary/aromatic N) is 4. The molecule has 0 N–H and O–H groups in total. The summed E-state index contributed by atoms with van der Waals surface area (Å²) in [6.07, 6.45) is 9.59. The highest BCUT2D eigenvalue weighted by atomic mass is 15.4. The van der Waals surface area contributed by atoms with Gasteiger partial charge in [-0.25, -0.2) is 0 Å². The number of pyridine rings is 2. The van der Waals surface area contributed by atoms with Gasteiger partial charge in [0.25, 0.3) is 0 Å². The molecule has 0 saturated carbocycles. The molecular formula is C33H28N4. The summed E-state index contributed by atoms with van der Waals surface area (Å²) in [4.78, 5) is 13.8. The van der Waals surface area contributed by atoms with Crippen LogP contribution >= 0.6 is 0 Å². The first-order chi connectivity index (χ1) is 18.3. The molecule has 4 nitrogen and oxygen atoms in total. The fraction of sp³-hybridized carbons (Fsp3) is 0.152. The summed E-state index contributed by atoms with van der Waals surface area (Å²) >= 11 is 0. The zero-order valence-electron chi connectivity index (χ0n) is 20.7. The molecule has 2 aliphatic heterocycles. The Morgan fingerprint density at radius 3 is 1.59 bits per heavy atom. The lowest BCUT2D eigenvalue weighted by Crippen LogP contribution is -2.49. The third-order valence-corrected chi connectivity index (χ3v) is 7.54.